The molecule has 2 aromatic carbocycles. The van der Waals surface area contributed by atoms with E-state index in [0.29, 0.717) is 37.2 Å². The predicted molar refractivity (Wildman–Crippen MR) is 127 cm³/mol. The van der Waals surface area contributed by atoms with Gasteiger partial charge in [0.05, 0.1) is 20.3 Å². The second-order valence-corrected chi connectivity index (χ2v) is 7.31. The van der Waals surface area contributed by atoms with Gasteiger partial charge in [-0.3, -0.25) is 4.79 Å². The Balaban J connectivity index is 1.66. The lowest BCUT2D eigenvalue weighted by molar-refractivity contribution is -0.124. The van der Waals surface area contributed by atoms with Crippen molar-refractivity contribution in [3.05, 3.63) is 48.0 Å². The van der Waals surface area contributed by atoms with Crippen LogP contribution in [-0.4, -0.2) is 44.8 Å². The standard InChI is InChI=1S/C24H32N4O4/c1-4-25-24(28-19-11-12-20(31-5-2)22(15-19)30-3)26-16-17-8-6-9-18(14-17)27-23(29)21-10-7-13-32-21/h6,8-9,11-12,14-15,21H,4-5,7,10,13,16H2,1-3H3,(H,27,29)(H2,25,26,28). The number of nitrogens with zero attached hydrogens (tertiary/aromatic N) is 1. The van der Waals surface area contributed by atoms with Crippen LogP contribution in [0.3, 0.4) is 0 Å². The van der Waals surface area contributed by atoms with E-state index in [9.17, 15) is 4.79 Å². The molecule has 2 aromatic rings. The Morgan fingerprint density at radius 2 is 1.97 bits per heavy atom. The van der Waals surface area contributed by atoms with Crippen LogP contribution >= 0.6 is 0 Å². The van der Waals surface area contributed by atoms with Crippen LogP contribution in [-0.2, 0) is 16.1 Å². The predicted octanol–water partition coefficient (Wildman–Crippen LogP) is 3.79. The van der Waals surface area contributed by atoms with Crippen LogP contribution in [0.5, 0.6) is 11.5 Å². The maximum Gasteiger partial charge on any atom is 0.253 e. The first-order valence-electron chi connectivity index (χ1n) is 11.0. The third-order valence-electron chi connectivity index (χ3n) is 4.91. The second kappa shape index (κ2) is 12.0. The first kappa shape index (κ1) is 23.4. The van der Waals surface area contributed by atoms with Crippen molar-refractivity contribution < 1.29 is 19.0 Å². The smallest absolute Gasteiger partial charge is 0.253 e. The fourth-order valence-corrected chi connectivity index (χ4v) is 3.39. The van der Waals surface area contributed by atoms with Crippen molar-refractivity contribution in [3.8, 4) is 11.5 Å². The third-order valence-corrected chi connectivity index (χ3v) is 4.91. The van der Waals surface area contributed by atoms with Gasteiger partial charge in [0.15, 0.2) is 17.5 Å². The number of guanidine groups is 1. The summed E-state index contributed by atoms with van der Waals surface area (Å²) < 4.78 is 16.4. The first-order chi connectivity index (χ1) is 15.6. The molecule has 0 aromatic heterocycles. The highest BCUT2D eigenvalue weighted by Gasteiger charge is 2.23. The van der Waals surface area contributed by atoms with E-state index in [4.69, 9.17) is 14.2 Å². The number of anilines is 2. The minimum absolute atomic E-state index is 0.0948. The summed E-state index contributed by atoms with van der Waals surface area (Å²) in [5, 5.41) is 9.47. The molecule has 32 heavy (non-hydrogen) atoms. The van der Waals surface area contributed by atoms with Crippen LogP contribution in [0.4, 0.5) is 11.4 Å². The van der Waals surface area contributed by atoms with Crippen LogP contribution < -0.4 is 25.4 Å². The van der Waals surface area contributed by atoms with E-state index in [2.05, 4.69) is 20.9 Å². The van der Waals surface area contributed by atoms with Gasteiger partial charge in [0.1, 0.15) is 6.10 Å². The van der Waals surface area contributed by atoms with Gasteiger partial charge in [0.25, 0.3) is 5.91 Å². The Labute approximate surface area is 189 Å². The minimum atomic E-state index is -0.354. The van der Waals surface area contributed by atoms with E-state index in [1.165, 1.54) is 0 Å². The zero-order valence-corrected chi connectivity index (χ0v) is 18.9. The van der Waals surface area contributed by atoms with Gasteiger partial charge in [-0.2, -0.15) is 0 Å². The lowest BCUT2D eigenvalue weighted by atomic mass is 10.2. The third kappa shape index (κ3) is 6.62. The zero-order valence-electron chi connectivity index (χ0n) is 18.9. The fourth-order valence-electron chi connectivity index (χ4n) is 3.39. The van der Waals surface area contributed by atoms with Crippen molar-refractivity contribution in [2.24, 2.45) is 4.99 Å². The van der Waals surface area contributed by atoms with Crippen LogP contribution in [0.1, 0.15) is 32.3 Å². The number of aliphatic imine (C=N–C) groups is 1. The number of hydrogen-bond donors (Lipinski definition) is 3. The zero-order chi connectivity index (χ0) is 22.8. The van der Waals surface area contributed by atoms with Crippen LogP contribution in [0.25, 0.3) is 0 Å². The van der Waals surface area contributed by atoms with Crippen molar-refractivity contribution in [3.63, 3.8) is 0 Å². The number of methoxy groups -OCH3 is 1. The summed E-state index contributed by atoms with van der Waals surface area (Å²) in [7, 11) is 1.62. The molecule has 0 saturated carbocycles. The molecule has 1 heterocycles. The van der Waals surface area contributed by atoms with Gasteiger partial charge < -0.3 is 30.2 Å². The second-order valence-electron chi connectivity index (χ2n) is 7.31. The topological polar surface area (TPSA) is 93.2 Å². The lowest BCUT2D eigenvalue weighted by Gasteiger charge is -2.14. The monoisotopic (exact) mass is 440 g/mol. The van der Waals surface area contributed by atoms with E-state index in [0.717, 1.165) is 36.3 Å². The Kier molecular flexibility index (Phi) is 8.74. The number of amides is 1. The summed E-state index contributed by atoms with van der Waals surface area (Å²) in [5.74, 6) is 1.90. The van der Waals surface area contributed by atoms with Crippen molar-refractivity contribution in [2.45, 2.75) is 39.3 Å². The molecule has 0 aliphatic carbocycles. The van der Waals surface area contributed by atoms with E-state index >= 15 is 0 Å². The van der Waals surface area contributed by atoms with Crippen molar-refractivity contribution in [2.75, 3.05) is 37.5 Å². The molecular formula is C24H32N4O4. The van der Waals surface area contributed by atoms with Crippen molar-refractivity contribution >= 4 is 23.2 Å². The van der Waals surface area contributed by atoms with Crippen molar-refractivity contribution in [1.29, 1.82) is 0 Å². The number of hydrogen-bond acceptors (Lipinski definition) is 5. The molecule has 8 heteroatoms. The van der Waals surface area contributed by atoms with Gasteiger partial charge >= 0.3 is 0 Å². The van der Waals surface area contributed by atoms with Gasteiger partial charge in [0, 0.05) is 30.6 Å². The molecule has 3 N–H and O–H groups in total. The highest BCUT2D eigenvalue weighted by molar-refractivity contribution is 5.95. The molecule has 3 rings (SSSR count). The van der Waals surface area contributed by atoms with E-state index < -0.39 is 0 Å². The summed E-state index contributed by atoms with van der Waals surface area (Å²) in [6.07, 6.45) is 1.34. The van der Waals surface area contributed by atoms with E-state index in [-0.39, 0.29) is 12.0 Å². The molecule has 1 aliphatic rings. The average Bonchev–Trinajstić information content (AvgIpc) is 3.34. The van der Waals surface area contributed by atoms with Crippen LogP contribution in [0, 0.1) is 0 Å². The number of carbonyl (C=O) groups is 1. The summed E-state index contributed by atoms with van der Waals surface area (Å²) in [5.41, 5.74) is 2.56. The molecular weight excluding hydrogens is 408 g/mol. The molecule has 1 unspecified atom stereocenters. The first-order valence-corrected chi connectivity index (χ1v) is 11.0. The number of benzene rings is 2. The van der Waals surface area contributed by atoms with Crippen LogP contribution in [0.15, 0.2) is 47.5 Å². The molecule has 1 atom stereocenters. The number of nitrogens with one attached hydrogen (secondary N) is 3. The Bertz CT molecular complexity index is 926. The molecule has 1 fully saturated rings. The number of rotatable bonds is 9. The van der Waals surface area contributed by atoms with Gasteiger partial charge in [-0.25, -0.2) is 4.99 Å². The quantitative estimate of drug-likeness (QED) is 0.406. The molecule has 0 bridgehead atoms. The number of carbonyl (C=O) groups excluding carboxylic acids is 1. The Morgan fingerprint density at radius 3 is 2.69 bits per heavy atom. The molecule has 8 nitrogen and oxygen atoms in total. The molecule has 1 saturated heterocycles. The maximum atomic E-state index is 12.3. The maximum absolute atomic E-state index is 12.3. The number of ether oxygens (including phenoxy) is 3. The Morgan fingerprint density at radius 1 is 1.12 bits per heavy atom. The molecule has 0 radical (unpaired) electrons. The fraction of sp³-hybridized carbons (Fsp3) is 0.417. The largest absolute Gasteiger partial charge is 0.493 e. The minimum Gasteiger partial charge on any atom is -0.493 e. The summed E-state index contributed by atoms with van der Waals surface area (Å²) in [6.45, 7) is 6.33. The highest BCUT2D eigenvalue weighted by Crippen LogP contribution is 2.30. The van der Waals surface area contributed by atoms with E-state index in [1.807, 2.05) is 56.3 Å². The van der Waals surface area contributed by atoms with Gasteiger partial charge in [0.2, 0.25) is 0 Å². The summed E-state index contributed by atoms with van der Waals surface area (Å²) in [6, 6.07) is 13.4. The SMILES string of the molecule is CCNC(=NCc1cccc(NC(=O)C2CCCO2)c1)Nc1ccc(OCC)c(OC)c1. The average molecular weight is 441 g/mol. The molecule has 1 aliphatic heterocycles. The van der Waals surface area contributed by atoms with Crippen LogP contribution in [0.2, 0.25) is 0 Å². The molecule has 0 spiro atoms. The highest BCUT2D eigenvalue weighted by atomic mass is 16.5. The molecule has 172 valence electrons. The molecule has 1 amide bonds. The summed E-state index contributed by atoms with van der Waals surface area (Å²) in [4.78, 5) is 17.0. The normalized spacial score (nSPS) is 15.8. The Hall–Kier alpha value is -3.26. The lowest BCUT2D eigenvalue weighted by Crippen LogP contribution is -2.30. The van der Waals surface area contributed by atoms with Gasteiger partial charge in [-0.05, 0) is 56.5 Å². The van der Waals surface area contributed by atoms with Gasteiger partial charge in [-0.15, -0.1) is 0 Å². The van der Waals surface area contributed by atoms with Gasteiger partial charge in [-0.1, -0.05) is 12.1 Å². The summed E-state index contributed by atoms with van der Waals surface area (Å²) >= 11 is 0. The van der Waals surface area contributed by atoms with Crippen molar-refractivity contribution in [1.82, 2.24) is 5.32 Å². The van der Waals surface area contributed by atoms with E-state index in [1.54, 1.807) is 7.11 Å².